The molecule has 0 aliphatic carbocycles. The fourth-order valence-corrected chi connectivity index (χ4v) is 8.51. The van der Waals surface area contributed by atoms with Crippen molar-refractivity contribution < 1.29 is 27.8 Å². The molecular formula is C34H42N2O6S. The molecule has 43 heavy (non-hydrogen) atoms. The maximum Gasteiger partial charge on any atom is 0.248 e. The Hall–Kier alpha value is -3.24. The predicted molar refractivity (Wildman–Crippen MR) is 166 cm³/mol. The first-order valence-corrected chi connectivity index (χ1v) is 16.3. The Morgan fingerprint density at radius 3 is 2.30 bits per heavy atom. The number of hydrogen-bond acceptors (Lipinski definition) is 6. The van der Waals surface area contributed by atoms with Crippen LogP contribution in [0.3, 0.4) is 0 Å². The molecule has 1 atom stereocenters. The largest absolute Gasteiger partial charge is 0.496 e. The van der Waals surface area contributed by atoms with Crippen molar-refractivity contribution in [2.24, 2.45) is 0 Å². The summed E-state index contributed by atoms with van der Waals surface area (Å²) in [4.78, 5) is 15.1. The third-order valence-electron chi connectivity index (χ3n) is 9.03. The molecule has 3 aromatic carbocycles. The number of piperidine rings is 1. The zero-order chi connectivity index (χ0) is 30.8. The summed E-state index contributed by atoms with van der Waals surface area (Å²) in [6.07, 6.45) is 2.05. The van der Waals surface area contributed by atoms with Gasteiger partial charge in [0, 0.05) is 26.1 Å². The third-order valence-corrected chi connectivity index (χ3v) is 11.2. The van der Waals surface area contributed by atoms with E-state index in [4.69, 9.17) is 9.47 Å². The van der Waals surface area contributed by atoms with Crippen LogP contribution in [0.15, 0.2) is 65.6 Å². The second kappa shape index (κ2) is 12.8. The average Bonchev–Trinajstić information content (AvgIpc) is 2.99. The summed E-state index contributed by atoms with van der Waals surface area (Å²) < 4.78 is 41.5. The van der Waals surface area contributed by atoms with E-state index in [1.54, 1.807) is 25.0 Å². The molecule has 2 heterocycles. The minimum Gasteiger partial charge on any atom is -0.496 e. The highest BCUT2D eigenvalue weighted by atomic mass is 32.2. The van der Waals surface area contributed by atoms with Crippen LogP contribution in [0.1, 0.15) is 46.2 Å². The molecule has 9 heteroatoms. The number of aryl methyl sites for hydroxylation is 1. The number of methoxy groups -OCH3 is 1. The van der Waals surface area contributed by atoms with Crippen molar-refractivity contribution in [2.75, 3.05) is 33.4 Å². The molecule has 1 unspecified atom stereocenters. The number of aliphatic hydroxyl groups is 1. The van der Waals surface area contributed by atoms with E-state index in [0.29, 0.717) is 60.5 Å². The lowest BCUT2D eigenvalue weighted by Gasteiger charge is -2.39. The van der Waals surface area contributed by atoms with Crippen molar-refractivity contribution in [3.63, 3.8) is 0 Å². The Bertz CT molecular complexity index is 1570. The maximum absolute atomic E-state index is 14.3. The Morgan fingerprint density at radius 2 is 1.63 bits per heavy atom. The number of fused-ring (bicyclic) bond motifs is 1. The van der Waals surface area contributed by atoms with Crippen LogP contribution in [0.5, 0.6) is 5.75 Å². The lowest BCUT2D eigenvalue weighted by Crippen LogP contribution is -2.49. The number of benzene rings is 3. The summed E-state index contributed by atoms with van der Waals surface area (Å²) in [5, 5.41) is 11.1. The van der Waals surface area contributed by atoms with Crippen LogP contribution in [-0.2, 0) is 38.9 Å². The fraction of sp³-hybridized carbons (Fsp3) is 0.441. The van der Waals surface area contributed by atoms with Gasteiger partial charge in [0.25, 0.3) is 0 Å². The molecule has 1 N–H and O–H groups in total. The van der Waals surface area contributed by atoms with Crippen LogP contribution in [0.25, 0.3) is 0 Å². The minimum absolute atomic E-state index is 0.0956. The molecule has 8 nitrogen and oxygen atoms in total. The lowest BCUT2D eigenvalue weighted by atomic mass is 9.85. The second-order valence-electron chi connectivity index (χ2n) is 11.9. The van der Waals surface area contributed by atoms with Crippen molar-refractivity contribution in [3.8, 4) is 5.75 Å². The molecule has 0 saturated carbocycles. The molecule has 0 radical (unpaired) electrons. The predicted octanol–water partition coefficient (Wildman–Crippen LogP) is 4.35. The van der Waals surface area contributed by atoms with Crippen molar-refractivity contribution in [1.29, 1.82) is 0 Å². The Balaban J connectivity index is 1.27. The van der Waals surface area contributed by atoms with Gasteiger partial charge in [-0.05, 0) is 79.5 Å². The summed E-state index contributed by atoms with van der Waals surface area (Å²) in [6.45, 7) is 6.59. The summed E-state index contributed by atoms with van der Waals surface area (Å²) >= 11 is 0. The molecule has 3 aromatic rings. The monoisotopic (exact) mass is 606 g/mol. The number of ether oxygens (including phenoxy) is 2. The highest BCUT2D eigenvalue weighted by Gasteiger charge is 2.38. The van der Waals surface area contributed by atoms with Crippen LogP contribution in [-0.4, -0.2) is 73.7 Å². The number of hydrogen-bond donors (Lipinski definition) is 1. The molecule has 2 aliphatic rings. The van der Waals surface area contributed by atoms with Gasteiger partial charge in [-0.3, -0.25) is 4.79 Å². The first-order valence-electron chi connectivity index (χ1n) is 14.9. The highest BCUT2D eigenvalue weighted by Crippen LogP contribution is 2.36. The van der Waals surface area contributed by atoms with Gasteiger partial charge in [-0.1, -0.05) is 54.6 Å². The number of likely N-dealkylation sites (tertiary alicyclic amines) is 1. The van der Waals surface area contributed by atoms with Crippen molar-refractivity contribution in [1.82, 2.24) is 9.21 Å². The van der Waals surface area contributed by atoms with Crippen LogP contribution in [0, 0.1) is 20.8 Å². The van der Waals surface area contributed by atoms with E-state index in [9.17, 15) is 18.3 Å². The number of sulfonamides is 1. The molecule has 0 aromatic heterocycles. The first kappa shape index (κ1) is 31.2. The second-order valence-corrected chi connectivity index (χ2v) is 13.8. The van der Waals surface area contributed by atoms with E-state index in [2.05, 4.69) is 0 Å². The zero-order valence-corrected chi connectivity index (χ0v) is 26.3. The smallest absolute Gasteiger partial charge is 0.248 e. The van der Waals surface area contributed by atoms with Gasteiger partial charge in [-0.25, -0.2) is 8.42 Å². The summed E-state index contributed by atoms with van der Waals surface area (Å²) in [5.74, 6) is 0.511. The zero-order valence-electron chi connectivity index (χ0n) is 25.5. The molecular weight excluding hydrogens is 564 g/mol. The van der Waals surface area contributed by atoms with Crippen LogP contribution in [0.4, 0.5) is 0 Å². The van der Waals surface area contributed by atoms with Gasteiger partial charge in [0.15, 0.2) is 0 Å². The van der Waals surface area contributed by atoms with Crippen LogP contribution in [0.2, 0.25) is 0 Å². The third kappa shape index (κ3) is 6.65. The quantitative estimate of drug-likeness (QED) is 0.389. The first-order chi connectivity index (χ1) is 20.5. The van der Waals surface area contributed by atoms with Gasteiger partial charge in [-0.15, -0.1) is 0 Å². The molecule has 0 bridgehead atoms. The minimum atomic E-state index is -3.90. The summed E-state index contributed by atoms with van der Waals surface area (Å²) in [7, 11) is -2.31. The molecule has 2 aliphatic heterocycles. The summed E-state index contributed by atoms with van der Waals surface area (Å²) in [5.41, 5.74) is 4.39. The van der Waals surface area contributed by atoms with Gasteiger partial charge in [0.05, 0.1) is 30.3 Å². The Morgan fingerprint density at radius 1 is 0.977 bits per heavy atom. The Labute approximate surface area is 255 Å². The van der Waals surface area contributed by atoms with Crippen LogP contribution < -0.4 is 4.74 Å². The van der Waals surface area contributed by atoms with Gasteiger partial charge < -0.3 is 19.5 Å². The van der Waals surface area contributed by atoms with Gasteiger partial charge in [0.2, 0.25) is 15.9 Å². The van der Waals surface area contributed by atoms with Gasteiger partial charge >= 0.3 is 0 Å². The molecule has 1 fully saturated rings. The molecule has 1 amide bonds. The fourth-order valence-electron chi connectivity index (χ4n) is 6.43. The molecule has 1 saturated heterocycles. The number of carbonyl (C=O) groups is 1. The van der Waals surface area contributed by atoms with Crippen molar-refractivity contribution in [3.05, 3.63) is 94.0 Å². The number of carbonyl (C=O) groups excluding carboxylic acids is 1. The van der Waals surface area contributed by atoms with Crippen LogP contribution >= 0.6 is 0 Å². The number of rotatable bonds is 9. The van der Waals surface area contributed by atoms with E-state index in [-0.39, 0.29) is 25.7 Å². The highest BCUT2D eigenvalue weighted by molar-refractivity contribution is 7.89. The molecule has 5 rings (SSSR count). The van der Waals surface area contributed by atoms with Crippen molar-refractivity contribution in [2.45, 2.75) is 69.5 Å². The maximum atomic E-state index is 14.3. The van der Waals surface area contributed by atoms with E-state index >= 15 is 0 Å². The van der Waals surface area contributed by atoms with Gasteiger partial charge in [-0.2, -0.15) is 4.31 Å². The van der Waals surface area contributed by atoms with Gasteiger partial charge in [0.1, 0.15) is 12.4 Å². The SMILES string of the molecule is COc1cc(C)c(S(=O)(=O)N2Cc3ccccc3CC2COCC(=O)N2CCC(O)(Cc3ccccc3)CC2)c(C)c1C. The van der Waals surface area contributed by atoms with E-state index in [0.717, 1.165) is 22.3 Å². The average molecular weight is 607 g/mol. The number of nitrogens with zero attached hydrogens (tertiary/aromatic N) is 2. The summed E-state index contributed by atoms with van der Waals surface area (Å²) in [6, 6.07) is 19.1. The Kier molecular flexibility index (Phi) is 9.27. The van der Waals surface area contributed by atoms with Crippen molar-refractivity contribution >= 4 is 15.9 Å². The van der Waals surface area contributed by atoms with E-state index in [1.165, 1.54) is 4.31 Å². The standard InChI is InChI=1S/C34H42N2O6S/c1-24-18-31(41-4)25(2)26(3)33(24)43(39,40)36-21-29-13-9-8-12-28(29)19-30(36)22-42-23-32(37)35-16-14-34(38,15-17-35)20-27-10-6-5-7-11-27/h5-13,18,30,38H,14-17,19-23H2,1-4H3. The normalized spacial score (nSPS) is 18.7. The lowest BCUT2D eigenvalue weighted by molar-refractivity contribution is -0.140. The van der Waals surface area contributed by atoms with E-state index in [1.807, 2.05) is 68.4 Å². The topological polar surface area (TPSA) is 96.4 Å². The molecule has 0 spiro atoms. The van der Waals surface area contributed by atoms with E-state index < -0.39 is 21.7 Å². The number of amides is 1. The molecule has 230 valence electrons.